The Morgan fingerprint density at radius 2 is 1.19 bits per heavy atom. The molecule has 0 aliphatic carbocycles. The van der Waals surface area contributed by atoms with Crippen LogP contribution >= 0.6 is 0 Å². The highest BCUT2D eigenvalue weighted by Crippen LogP contribution is 2.32. The maximum Gasteiger partial charge on any atom is 0.220 e. The number of aromatic nitrogens is 3. The van der Waals surface area contributed by atoms with Crippen LogP contribution < -0.4 is 5.32 Å². The largest absolute Gasteiger partial charge is 0.352 e. The number of fused-ring (bicyclic) bond motifs is 3. The molecule has 0 unspecified atom stereocenters. The number of hydrogen-bond acceptors (Lipinski definition) is 3. The molecule has 2 heterocycles. The van der Waals surface area contributed by atoms with Crippen LogP contribution in [0.15, 0.2) is 48.5 Å². The smallest absolute Gasteiger partial charge is 0.220 e. The number of nitrogens with one attached hydrogen (secondary N) is 1. The number of amides is 1. The number of aryl methyl sites for hydroxylation is 1. The van der Waals surface area contributed by atoms with Crippen LogP contribution in [-0.2, 0) is 30.7 Å². The molecule has 1 N–H and O–H groups in total. The number of nitrogens with zero attached hydrogens (tertiary/aromatic N) is 3. The second-order valence-corrected chi connectivity index (χ2v) is 16.7. The molecule has 0 saturated heterocycles. The minimum atomic E-state index is 0.118. The van der Waals surface area contributed by atoms with Crippen molar-refractivity contribution in [3.05, 3.63) is 71.2 Å². The summed E-state index contributed by atoms with van der Waals surface area (Å²) in [5.41, 5.74) is 6.90. The van der Waals surface area contributed by atoms with Gasteiger partial charge in [-0.1, -0.05) is 186 Å². The zero-order valence-corrected chi connectivity index (χ0v) is 33.8. The third-order valence-electron chi connectivity index (χ3n) is 10.5. The van der Waals surface area contributed by atoms with Crippen LogP contribution in [0.2, 0.25) is 0 Å². The van der Waals surface area contributed by atoms with Crippen LogP contribution in [0.3, 0.4) is 0 Å². The summed E-state index contributed by atoms with van der Waals surface area (Å²) in [6.45, 7) is 12.7. The van der Waals surface area contributed by atoms with Gasteiger partial charge in [0.2, 0.25) is 5.91 Å². The third-order valence-corrected chi connectivity index (χ3v) is 10.5. The van der Waals surface area contributed by atoms with E-state index in [0.717, 1.165) is 73.2 Å². The highest BCUT2D eigenvalue weighted by atomic mass is 16.1. The summed E-state index contributed by atoms with van der Waals surface area (Å²) in [7, 11) is 0. The Balaban J connectivity index is 1.17. The molecule has 0 radical (unpaired) electrons. The normalized spacial score (nSPS) is 11.9. The first-order chi connectivity index (χ1) is 25.3. The Morgan fingerprint density at radius 3 is 1.77 bits per heavy atom. The van der Waals surface area contributed by atoms with Gasteiger partial charge >= 0.3 is 0 Å². The summed E-state index contributed by atoms with van der Waals surface area (Å²) in [4.78, 5) is 23.0. The highest BCUT2D eigenvalue weighted by molar-refractivity contribution is 6.03. The van der Waals surface area contributed by atoms with Crippen molar-refractivity contribution < 1.29 is 4.79 Å². The van der Waals surface area contributed by atoms with Gasteiger partial charge in [-0.25, -0.2) is 4.98 Å². The van der Waals surface area contributed by atoms with Crippen molar-refractivity contribution in [1.29, 1.82) is 0 Å². The van der Waals surface area contributed by atoms with Crippen molar-refractivity contribution in [2.75, 3.05) is 0 Å². The number of carbonyl (C=O) groups excluding carboxylic acids is 1. The van der Waals surface area contributed by atoms with Crippen molar-refractivity contribution in [1.82, 2.24) is 19.9 Å². The van der Waals surface area contributed by atoms with Gasteiger partial charge in [0, 0.05) is 31.3 Å². The molecule has 0 aliphatic rings. The number of benzene rings is 2. The zero-order chi connectivity index (χ0) is 37.0. The first-order valence-electron chi connectivity index (χ1n) is 21.4. The summed E-state index contributed by atoms with van der Waals surface area (Å²) in [6, 6.07) is 17.3. The lowest BCUT2D eigenvalue weighted by Crippen LogP contribution is -2.22. The van der Waals surface area contributed by atoms with E-state index in [1.54, 1.807) is 0 Å². The average molecular weight is 709 g/mol. The minimum absolute atomic E-state index is 0.118. The summed E-state index contributed by atoms with van der Waals surface area (Å²) >= 11 is 0. The van der Waals surface area contributed by atoms with Crippen molar-refractivity contribution in [3.8, 4) is 0 Å². The van der Waals surface area contributed by atoms with E-state index in [1.807, 2.05) is 0 Å². The van der Waals surface area contributed by atoms with Crippen molar-refractivity contribution in [3.63, 3.8) is 0 Å². The number of rotatable bonds is 26. The average Bonchev–Trinajstić information content (AvgIpc) is 3.49. The van der Waals surface area contributed by atoms with E-state index in [0.29, 0.717) is 13.0 Å². The second-order valence-electron chi connectivity index (χ2n) is 16.7. The molecule has 52 heavy (non-hydrogen) atoms. The van der Waals surface area contributed by atoms with E-state index in [4.69, 9.17) is 9.97 Å². The van der Waals surface area contributed by atoms with Crippen LogP contribution in [-0.4, -0.2) is 20.4 Å². The maximum atomic E-state index is 12.6. The van der Waals surface area contributed by atoms with E-state index in [-0.39, 0.29) is 11.3 Å². The Labute approximate surface area is 317 Å². The monoisotopic (exact) mass is 709 g/mol. The van der Waals surface area contributed by atoms with Gasteiger partial charge in [-0.15, -0.1) is 0 Å². The lowest BCUT2D eigenvalue weighted by Gasteiger charge is -2.18. The van der Waals surface area contributed by atoms with Crippen LogP contribution in [0.25, 0.3) is 21.9 Å². The maximum absolute atomic E-state index is 12.6. The van der Waals surface area contributed by atoms with E-state index in [9.17, 15) is 4.79 Å². The predicted octanol–water partition coefficient (Wildman–Crippen LogP) is 13.2. The predicted molar refractivity (Wildman–Crippen MR) is 223 cm³/mol. The molecule has 0 fully saturated rings. The molecule has 4 rings (SSSR count). The number of carbonyl (C=O) groups is 1. The fourth-order valence-corrected chi connectivity index (χ4v) is 7.51. The van der Waals surface area contributed by atoms with E-state index < -0.39 is 0 Å². The quantitative estimate of drug-likeness (QED) is 0.0661. The molecule has 0 saturated carbocycles. The van der Waals surface area contributed by atoms with Crippen molar-refractivity contribution in [2.24, 2.45) is 5.41 Å². The molecule has 0 aliphatic heterocycles. The highest BCUT2D eigenvalue weighted by Gasteiger charge is 2.22. The van der Waals surface area contributed by atoms with E-state index >= 15 is 0 Å². The van der Waals surface area contributed by atoms with Crippen molar-refractivity contribution >= 4 is 27.8 Å². The van der Waals surface area contributed by atoms with Gasteiger partial charge in [-0.2, -0.15) is 0 Å². The van der Waals surface area contributed by atoms with Crippen LogP contribution in [0, 0.1) is 5.41 Å². The first kappa shape index (κ1) is 41.5. The van der Waals surface area contributed by atoms with Gasteiger partial charge in [0.1, 0.15) is 11.3 Å². The second kappa shape index (κ2) is 22.8. The molecule has 2 aromatic heterocycles. The van der Waals surface area contributed by atoms with Gasteiger partial charge in [0.05, 0.1) is 16.7 Å². The molecular formula is C47H72N4O. The zero-order valence-electron chi connectivity index (χ0n) is 33.8. The van der Waals surface area contributed by atoms with Gasteiger partial charge in [-0.05, 0) is 41.9 Å². The molecule has 5 heteroatoms. The molecule has 0 bridgehead atoms. The molecule has 4 aromatic rings. The molecular weight excluding hydrogens is 637 g/mol. The SMILES string of the molecule is CCCCCCCCCCCCCCCCCCCC(=O)NCc1ccc(Cn2c(CCCC)nc3c(CC(C)(C)C)nc4ccccc4c32)cc1. The standard InChI is InChI=1S/C47H72N4O/c1-6-8-10-11-12-13-14-15-16-17-18-19-20-21-22-23-24-30-44(52)48-36-38-31-33-39(34-32-38)37-51-43(29-9-7-2)50-45-42(35-47(3,4)5)49-41-28-26-25-27-40(41)46(45)51/h25-28,31-34H,6-24,29-30,35-37H2,1-5H3,(H,48,52). The number of pyridine rings is 1. The molecule has 1 amide bonds. The number of imidazole rings is 1. The molecule has 0 spiro atoms. The van der Waals surface area contributed by atoms with Gasteiger partial charge in [0.15, 0.2) is 0 Å². The molecule has 2 aromatic carbocycles. The van der Waals surface area contributed by atoms with Crippen LogP contribution in [0.5, 0.6) is 0 Å². The van der Waals surface area contributed by atoms with Crippen LogP contribution in [0.1, 0.15) is 186 Å². The first-order valence-corrected chi connectivity index (χ1v) is 21.4. The summed E-state index contributed by atoms with van der Waals surface area (Å²) in [5.74, 6) is 1.31. The van der Waals surface area contributed by atoms with Crippen molar-refractivity contribution in [2.45, 2.75) is 189 Å². The fraction of sp³-hybridized carbons (Fsp3) is 0.638. The lowest BCUT2D eigenvalue weighted by molar-refractivity contribution is -0.121. The Hall–Kier alpha value is -3.21. The summed E-state index contributed by atoms with van der Waals surface area (Å²) in [5, 5.41) is 4.33. The summed E-state index contributed by atoms with van der Waals surface area (Å²) < 4.78 is 2.44. The Kier molecular flexibility index (Phi) is 18.2. The summed E-state index contributed by atoms with van der Waals surface area (Å²) in [6.07, 6.45) is 27.8. The molecule has 0 atom stereocenters. The van der Waals surface area contributed by atoms with Crippen LogP contribution in [0.4, 0.5) is 0 Å². The fourth-order valence-electron chi connectivity index (χ4n) is 7.51. The van der Waals surface area contributed by atoms with E-state index in [1.165, 1.54) is 113 Å². The van der Waals surface area contributed by atoms with Gasteiger partial charge in [0.25, 0.3) is 0 Å². The van der Waals surface area contributed by atoms with E-state index in [2.05, 4.69) is 93.0 Å². The Morgan fingerprint density at radius 1 is 0.654 bits per heavy atom. The van der Waals surface area contributed by atoms with Gasteiger partial charge < -0.3 is 9.88 Å². The minimum Gasteiger partial charge on any atom is -0.352 e. The van der Waals surface area contributed by atoms with Gasteiger partial charge in [-0.3, -0.25) is 9.78 Å². The topological polar surface area (TPSA) is 59.8 Å². The molecule has 286 valence electrons. The third kappa shape index (κ3) is 14.3. The lowest BCUT2D eigenvalue weighted by atomic mass is 9.89. The molecule has 5 nitrogen and oxygen atoms in total. The number of hydrogen-bond donors (Lipinski definition) is 1. The Bertz CT molecular complexity index is 1600. The number of para-hydroxylation sites is 1. The number of unbranched alkanes of at least 4 members (excludes halogenated alkanes) is 17.